The third-order valence-electron chi connectivity index (χ3n) is 3.22. The summed E-state index contributed by atoms with van der Waals surface area (Å²) >= 11 is 1.66. The molecule has 0 aromatic heterocycles. The highest BCUT2D eigenvalue weighted by molar-refractivity contribution is 7.99. The third-order valence-corrected chi connectivity index (χ3v) is 4.48. The molecule has 3 rings (SSSR count). The molecule has 0 aliphatic carbocycles. The van der Waals surface area contributed by atoms with E-state index in [1.54, 1.807) is 11.8 Å². The quantitative estimate of drug-likeness (QED) is 0.853. The molecule has 20 heavy (non-hydrogen) atoms. The Labute approximate surface area is 123 Å². The summed E-state index contributed by atoms with van der Waals surface area (Å²) in [6.45, 7) is 5.38. The molecule has 0 unspecified atom stereocenters. The highest BCUT2D eigenvalue weighted by atomic mass is 32.2. The van der Waals surface area contributed by atoms with Crippen LogP contribution >= 0.6 is 11.8 Å². The van der Waals surface area contributed by atoms with Gasteiger partial charge in [-0.15, -0.1) is 0 Å². The zero-order valence-corrected chi connectivity index (χ0v) is 12.4. The predicted octanol–water partition coefficient (Wildman–Crippen LogP) is 3.81. The van der Waals surface area contributed by atoms with Crippen LogP contribution in [0.4, 0.5) is 5.69 Å². The van der Waals surface area contributed by atoms with Gasteiger partial charge < -0.3 is 15.2 Å². The number of ether oxygens (including phenoxy) is 2. The minimum Gasteiger partial charge on any atom is -0.486 e. The highest BCUT2D eigenvalue weighted by Gasteiger charge is 2.15. The largest absolute Gasteiger partial charge is 0.486 e. The summed E-state index contributed by atoms with van der Waals surface area (Å²) in [4.78, 5) is 2.21. The molecule has 1 aliphatic heterocycles. The minimum absolute atomic E-state index is 0.579. The number of hydrogen-bond donors (Lipinski definition) is 1. The fourth-order valence-corrected chi connectivity index (χ4v) is 3.14. The van der Waals surface area contributed by atoms with Gasteiger partial charge in [-0.1, -0.05) is 29.5 Å². The summed E-state index contributed by atoms with van der Waals surface area (Å²) in [6.07, 6.45) is 0. The molecule has 0 saturated heterocycles. The lowest BCUT2D eigenvalue weighted by Crippen LogP contribution is -2.15. The summed E-state index contributed by atoms with van der Waals surface area (Å²) in [5.41, 5.74) is 9.36. The Morgan fingerprint density at radius 2 is 1.65 bits per heavy atom. The van der Waals surface area contributed by atoms with Gasteiger partial charge in [0.05, 0.1) is 0 Å². The van der Waals surface area contributed by atoms with Gasteiger partial charge in [0, 0.05) is 27.6 Å². The van der Waals surface area contributed by atoms with Crippen LogP contribution < -0.4 is 15.2 Å². The molecular weight excluding hydrogens is 270 g/mol. The van der Waals surface area contributed by atoms with E-state index in [1.807, 2.05) is 12.1 Å². The fraction of sp³-hybridized carbons (Fsp3) is 0.250. The molecule has 1 heterocycles. The minimum atomic E-state index is 0.579. The van der Waals surface area contributed by atoms with Crippen molar-refractivity contribution < 1.29 is 9.47 Å². The zero-order valence-electron chi connectivity index (χ0n) is 11.6. The van der Waals surface area contributed by atoms with E-state index in [-0.39, 0.29) is 0 Å². The van der Waals surface area contributed by atoms with E-state index in [4.69, 9.17) is 15.2 Å². The number of fused-ring (bicyclic) bond motifs is 1. The molecule has 0 radical (unpaired) electrons. The van der Waals surface area contributed by atoms with E-state index >= 15 is 0 Å². The molecule has 0 saturated carbocycles. The summed E-state index contributed by atoms with van der Waals surface area (Å²) in [7, 11) is 0. The molecule has 1 aliphatic rings. The van der Waals surface area contributed by atoms with Crippen LogP contribution in [-0.2, 0) is 0 Å². The maximum Gasteiger partial charge on any atom is 0.163 e. The Kier molecular flexibility index (Phi) is 3.49. The van der Waals surface area contributed by atoms with Crippen LogP contribution in [0.3, 0.4) is 0 Å². The molecule has 2 aromatic rings. The fourth-order valence-electron chi connectivity index (χ4n) is 2.21. The lowest BCUT2D eigenvalue weighted by molar-refractivity contribution is 0.171. The lowest BCUT2D eigenvalue weighted by atomic mass is 10.2. The Morgan fingerprint density at radius 3 is 2.35 bits per heavy atom. The van der Waals surface area contributed by atoms with Crippen molar-refractivity contribution in [3.8, 4) is 11.5 Å². The average molecular weight is 287 g/mol. The Balaban J connectivity index is 1.94. The van der Waals surface area contributed by atoms with Crippen LogP contribution in [0.2, 0.25) is 0 Å². The van der Waals surface area contributed by atoms with Crippen LogP contribution in [0.5, 0.6) is 11.5 Å². The first kappa shape index (κ1) is 13.2. The van der Waals surface area contributed by atoms with Crippen LogP contribution in [0.15, 0.2) is 40.1 Å². The SMILES string of the molecule is Cc1ccc(Sc2cc3c(cc2N)OCCO3)c(C)c1. The maximum atomic E-state index is 6.12. The van der Waals surface area contributed by atoms with Crippen LogP contribution in [-0.4, -0.2) is 13.2 Å². The van der Waals surface area contributed by atoms with Gasteiger partial charge in [-0.3, -0.25) is 0 Å². The molecule has 4 heteroatoms. The van der Waals surface area contributed by atoms with Gasteiger partial charge in [0.1, 0.15) is 13.2 Å². The highest BCUT2D eigenvalue weighted by Crippen LogP contribution is 2.41. The molecule has 0 atom stereocenters. The van der Waals surface area contributed by atoms with E-state index in [1.165, 1.54) is 16.0 Å². The van der Waals surface area contributed by atoms with Gasteiger partial charge in [-0.25, -0.2) is 0 Å². The Bertz CT molecular complexity index is 655. The van der Waals surface area contributed by atoms with Gasteiger partial charge in [0.25, 0.3) is 0 Å². The molecule has 104 valence electrons. The summed E-state index contributed by atoms with van der Waals surface area (Å²) in [5, 5.41) is 0. The van der Waals surface area contributed by atoms with E-state index < -0.39 is 0 Å². The topological polar surface area (TPSA) is 44.5 Å². The van der Waals surface area contributed by atoms with Crippen molar-refractivity contribution in [2.24, 2.45) is 0 Å². The van der Waals surface area contributed by atoms with Crippen LogP contribution in [0.25, 0.3) is 0 Å². The first-order valence-electron chi connectivity index (χ1n) is 6.58. The van der Waals surface area contributed by atoms with E-state index in [0.717, 1.165) is 22.1 Å². The van der Waals surface area contributed by atoms with Crippen molar-refractivity contribution >= 4 is 17.4 Å². The molecular formula is C16H17NO2S. The van der Waals surface area contributed by atoms with Gasteiger partial charge in [-0.05, 0) is 25.5 Å². The lowest BCUT2D eigenvalue weighted by Gasteiger charge is -2.20. The second-order valence-corrected chi connectivity index (χ2v) is 5.99. The van der Waals surface area contributed by atoms with Crippen molar-refractivity contribution in [1.29, 1.82) is 0 Å². The number of benzene rings is 2. The van der Waals surface area contributed by atoms with E-state index in [2.05, 4.69) is 32.0 Å². The van der Waals surface area contributed by atoms with Crippen LogP contribution in [0, 0.1) is 13.8 Å². The van der Waals surface area contributed by atoms with Gasteiger partial charge in [-0.2, -0.15) is 0 Å². The van der Waals surface area contributed by atoms with Crippen molar-refractivity contribution in [2.45, 2.75) is 23.6 Å². The molecule has 2 aromatic carbocycles. The van der Waals surface area contributed by atoms with Crippen molar-refractivity contribution in [3.63, 3.8) is 0 Å². The summed E-state index contributed by atoms with van der Waals surface area (Å²) < 4.78 is 11.1. The second kappa shape index (κ2) is 5.29. The molecule has 0 spiro atoms. The predicted molar refractivity (Wildman–Crippen MR) is 81.9 cm³/mol. The first-order chi connectivity index (χ1) is 9.63. The summed E-state index contributed by atoms with van der Waals surface area (Å²) in [6, 6.07) is 10.2. The standard InChI is InChI=1S/C16H17NO2S/c1-10-3-4-15(11(2)7-10)20-16-9-14-13(8-12(16)17)18-5-6-19-14/h3-4,7-9H,5-6,17H2,1-2H3. The Morgan fingerprint density at radius 1 is 0.950 bits per heavy atom. The van der Waals surface area contributed by atoms with Crippen molar-refractivity contribution in [3.05, 3.63) is 41.5 Å². The Hall–Kier alpha value is -1.81. The average Bonchev–Trinajstić information content (AvgIpc) is 2.42. The maximum absolute atomic E-state index is 6.12. The number of nitrogens with two attached hydrogens (primary N) is 1. The van der Waals surface area contributed by atoms with E-state index in [0.29, 0.717) is 13.2 Å². The normalized spacial score (nSPS) is 13.3. The molecule has 3 nitrogen and oxygen atoms in total. The van der Waals surface area contributed by atoms with Crippen molar-refractivity contribution in [2.75, 3.05) is 18.9 Å². The van der Waals surface area contributed by atoms with Gasteiger partial charge in [0.2, 0.25) is 0 Å². The number of nitrogen functional groups attached to an aromatic ring is 1. The number of rotatable bonds is 2. The van der Waals surface area contributed by atoms with Crippen molar-refractivity contribution in [1.82, 2.24) is 0 Å². The smallest absolute Gasteiger partial charge is 0.163 e. The van der Waals surface area contributed by atoms with E-state index in [9.17, 15) is 0 Å². The van der Waals surface area contributed by atoms with Gasteiger partial charge in [0.15, 0.2) is 11.5 Å². The number of aryl methyl sites for hydroxylation is 2. The third kappa shape index (κ3) is 2.56. The number of hydrogen-bond acceptors (Lipinski definition) is 4. The second-order valence-electron chi connectivity index (χ2n) is 4.90. The molecule has 0 bridgehead atoms. The first-order valence-corrected chi connectivity index (χ1v) is 7.39. The number of anilines is 1. The summed E-state index contributed by atoms with van der Waals surface area (Å²) in [5.74, 6) is 1.51. The zero-order chi connectivity index (χ0) is 14.1. The molecule has 0 fully saturated rings. The van der Waals surface area contributed by atoms with Crippen LogP contribution in [0.1, 0.15) is 11.1 Å². The monoisotopic (exact) mass is 287 g/mol. The molecule has 0 amide bonds. The molecule has 2 N–H and O–H groups in total. The van der Waals surface area contributed by atoms with Gasteiger partial charge >= 0.3 is 0 Å².